The Morgan fingerprint density at radius 1 is 0.854 bits per heavy atom. The molecule has 1 saturated heterocycles. The van der Waals surface area contributed by atoms with Crippen LogP contribution in [0.2, 0.25) is 0 Å². The molecule has 1 aliphatic heterocycles. The number of nitriles is 1. The van der Waals surface area contributed by atoms with Crippen molar-refractivity contribution in [2.75, 3.05) is 18.0 Å². The summed E-state index contributed by atoms with van der Waals surface area (Å²) in [6.45, 7) is 1.46. The topological polar surface area (TPSA) is 65.2 Å². The lowest BCUT2D eigenvalue weighted by Gasteiger charge is -2.51. The van der Waals surface area contributed by atoms with E-state index in [-0.39, 0.29) is 35.3 Å². The number of hydrogen-bond donors (Lipinski definition) is 0. The van der Waals surface area contributed by atoms with Crippen molar-refractivity contribution in [3.05, 3.63) is 106 Å². The first-order chi connectivity index (χ1) is 19.9. The van der Waals surface area contributed by atoms with Gasteiger partial charge in [0.15, 0.2) is 0 Å². The van der Waals surface area contributed by atoms with E-state index in [0.717, 1.165) is 49.0 Å². The first-order valence-corrected chi connectivity index (χ1v) is 14.4. The minimum atomic E-state index is -0.284. The van der Waals surface area contributed by atoms with Gasteiger partial charge in [-0.15, -0.1) is 0 Å². The van der Waals surface area contributed by atoms with Crippen LogP contribution in [-0.4, -0.2) is 39.6 Å². The van der Waals surface area contributed by atoms with E-state index >= 15 is 0 Å². The number of nitrogens with zero attached hydrogens (tertiary/aromatic N) is 5. The first-order valence-electron chi connectivity index (χ1n) is 14.4. The minimum absolute atomic E-state index is 0.102. The summed E-state index contributed by atoms with van der Waals surface area (Å²) in [7, 11) is 1.74. The van der Waals surface area contributed by atoms with Crippen molar-refractivity contribution in [3.8, 4) is 6.07 Å². The second-order valence-corrected chi connectivity index (χ2v) is 11.8. The van der Waals surface area contributed by atoms with Crippen molar-refractivity contribution in [3.63, 3.8) is 0 Å². The summed E-state index contributed by atoms with van der Waals surface area (Å²) in [6, 6.07) is 20.8. The van der Waals surface area contributed by atoms with E-state index in [0.29, 0.717) is 35.1 Å². The number of piperazine rings is 1. The molecule has 2 unspecified atom stereocenters. The fraction of sp³-hybridized carbons (Fsp3) is 0.364. The van der Waals surface area contributed by atoms with E-state index in [9.17, 15) is 18.8 Å². The highest BCUT2D eigenvalue weighted by Crippen LogP contribution is 2.47. The van der Waals surface area contributed by atoms with Gasteiger partial charge in [0, 0.05) is 38.3 Å². The van der Waals surface area contributed by atoms with Gasteiger partial charge in [-0.05, 0) is 85.0 Å². The van der Waals surface area contributed by atoms with Crippen LogP contribution in [0.25, 0.3) is 11.0 Å². The van der Waals surface area contributed by atoms with Gasteiger partial charge < -0.3 is 9.47 Å². The van der Waals surface area contributed by atoms with Crippen LogP contribution in [0.3, 0.4) is 0 Å². The summed E-state index contributed by atoms with van der Waals surface area (Å²) in [4.78, 5) is 22.8. The van der Waals surface area contributed by atoms with Gasteiger partial charge in [0.2, 0.25) is 0 Å². The largest absolute Gasteiger partial charge is 0.363 e. The Bertz CT molecular complexity index is 1660. The summed E-state index contributed by atoms with van der Waals surface area (Å²) in [5, 5.41) is 9.59. The minimum Gasteiger partial charge on any atom is -0.363 e. The third-order valence-electron chi connectivity index (χ3n) is 9.14. The van der Waals surface area contributed by atoms with Gasteiger partial charge in [-0.25, -0.2) is 13.8 Å². The van der Waals surface area contributed by atoms with E-state index in [2.05, 4.69) is 20.9 Å². The third kappa shape index (κ3) is 4.78. The van der Waals surface area contributed by atoms with Gasteiger partial charge in [-0.3, -0.25) is 9.69 Å². The second kappa shape index (κ2) is 10.1. The van der Waals surface area contributed by atoms with E-state index in [1.807, 2.05) is 30.3 Å². The standard InChI is InChI=1S/C33H31F2N5O/c1-38-27-15-14-26(17-36)37-32(27)28(16-31(38)41)39-18-30(21-4-5-21)40(19-29(39)20-2-3-20)33(22-6-10-24(34)11-7-22)23-8-12-25(35)13-9-23/h6-16,20-21,29-30,33H,2-5,18-19H2,1H3. The van der Waals surface area contributed by atoms with Gasteiger partial charge in [-0.2, -0.15) is 5.26 Å². The zero-order valence-corrected chi connectivity index (χ0v) is 22.9. The maximum atomic E-state index is 14.0. The summed E-state index contributed by atoms with van der Waals surface area (Å²) < 4.78 is 29.6. The van der Waals surface area contributed by atoms with Crippen LogP contribution in [-0.2, 0) is 7.05 Å². The Labute approximate surface area is 237 Å². The lowest BCUT2D eigenvalue weighted by molar-refractivity contribution is 0.0955. The fourth-order valence-corrected chi connectivity index (χ4v) is 6.71. The molecule has 41 heavy (non-hydrogen) atoms. The third-order valence-corrected chi connectivity index (χ3v) is 9.14. The van der Waals surface area contributed by atoms with Crippen LogP contribution in [0.5, 0.6) is 0 Å². The molecule has 0 N–H and O–H groups in total. The molecule has 2 saturated carbocycles. The number of hydrogen-bond acceptors (Lipinski definition) is 5. The number of anilines is 1. The molecule has 2 atom stereocenters. The van der Waals surface area contributed by atoms with Gasteiger partial charge >= 0.3 is 0 Å². The Hall–Kier alpha value is -4.09. The zero-order valence-electron chi connectivity index (χ0n) is 22.9. The fourth-order valence-electron chi connectivity index (χ4n) is 6.71. The normalized spacial score (nSPS) is 21.4. The molecule has 2 aromatic carbocycles. The summed E-state index contributed by atoms with van der Waals surface area (Å²) in [5.74, 6) is 0.389. The Balaban J connectivity index is 1.35. The maximum Gasteiger partial charge on any atom is 0.252 e. The van der Waals surface area contributed by atoms with E-state index in [1.165, 1.54) is 24.3 Å². The van der Waals surface area contributed by atoms with Crippen LogP contribution < -0.4 is 10.5 Å². The highest BCUT2D eigenvalue weighted by Gasteiger charge is 2.49. The number of fused-ring (bicyclic) bond motifs is 1. The smallest absolute Gasteiger partial charge is 0.252 e. The molecular formula is C33H31F2N5O. The average molecular weight is 552 g/mol. The molecular weight excluding hydrogens is 520 g/mol. The molecule has 3 heterocycles. The molecule has 3 aliphatic rings. The van der Waals surface area contributed by atoms with Crippen LogP contribution in [0.4, 0.5) is 14.5 Å². The van der Waals surface area contributed by atoms with Crippen molar-refractivity contribution in [1.29, 1.82) is 5.26 Å². The zero-order chi connectivity index (χ0) is 28.2. The Kier molecular flexibility index (Phi) is 6.35. The van der Waals surface area contributed by atoms with E-state index in [1.54, 1.807) is 23.7 Å². The van der Waals surface area contributed by atoms with Gasteiger partial charge in [0.05, 0.1) is 17.2 Å². The number of halogens is 2. The lowest BCUT2D eigenvalue weighted by atomic mass is 9.90. The van der Waals surface area contributed by atoms with Crippen LogP contribution in [0.15, 0.2) is 71.5 Å². The van der Waals surface area contributed by atoms with Crippen LogP contribution in [0, 0.1) is 34.8 Å². The van der Waals surface area contributed by atoms with Crippen LogP contribution in [0.1, 0.15) is 48.5 Å². The van der Waals surface area contributed by atoms with Crippen molar-refractivity contribution in [1.82, 2.24) is 14.5 Å². The SMILES string of the molecule is Cn1c(=O)cc(N2CC(C3CC3)N(C(c3ccc(F)cc3)c3ccc(F)cc3)CC2C2CC2)c2nc(C#N)ccc21. The molecule has 4 aromatic rings. The molecule has 3 fully saturated rings. The number of aromatic nitrogens is 2. The van der Waals surface area contributed by atoms with Crippen molar-refractivity contribution in [2.45, 2.75) is 43.8 Å². The number of rotatable bonds is 6. The van der Waals surface area contributed by atoms with E-state index in [4.69, 9.17) is 0 Å². The van der Waals surface area contributed by atoms with Gasteiger partial charge in [0.25, 0.3) is 5.56 Å². The molecule has 0 radical (unpaired) electrons. The molecule has 6 nitrogen and oxygen atoms in total. The molecule has 7 rings (SSSR count). The van der Waals surface area contributed by atoms with Crippen LogP contribution >= 0.6 is 0 Å². The summed E-state index contributed by atoms with van der Waals surface area (Å²) in [5.41, 5.74) is 4.36. The number of aryl methyl sites for hydroxylation is 1. The molecule has 0 amide bonds. The number of pyridine rings is 2. The highest BCUT2D eigenvalue weighted by molar-refractivity contribution is 5.89. The molecule has 8 heteroatoms. The summed E-state index contributed by atoms with van der Waals surface area (Å²) >= 11 is 0. The first kappa shape index (κ1) is 25.8. The van der Waals surface area contributed by atoms with Gasteiger partial charge in [-0.1, -0.05) is 24.3 Å². The van der Waals surface area contributed by atoms with Crippen molar-refractivity contribution < 1.29 is 8.78 Å². The summed E-state index contributed by atoms with van der Waals surface area (Å²) in [6.07, 6.45) is 4.47. The monoisotopic (exact) mass is 551 g/mol. The average Bonchev–Trinajstić information content (AvgIpc) is 3.91. The molecule has 2 aromatic heterocycles. The van der Waals surface area contributed by atoms with Gasteiger partial charge in [0.1, 0.15) is 28.9 Å². The molecule has 0 spiro atoms. The Morgan fingerprint density at radius 3 is 2.00 bits per heavy atom. The maximum absolute atomic E-state index is 14.0. The van der Waals surface area contributed by atoms with Crippen molar-refractivity contribution in [2.24, 2.45) is 18.9 Å². The Morgan fingerprint density at radius 2 is 1.44 bits per heavy atom. The number of benzene rings is 2. The predicted molar refractivity (Wildman–Crippen MR) is 153 cm³/mol. The molecule has 2 aliphatic carbocycles. The highest BCUT2D eigenvalue weighted by atomic mass is 19.1. The van der Waals surface area contributed by atoms with Crippen molar-refractivity contribution >= 4 is 16.7 Å². The predicted octanol–water partition coefficient (Wildman–Crippen LogP) is 5.55. The molecule has 0 bridgehead atoms. The quantitative estimate of drug-likeness (QED) is 0.314. The second-order valence-electron chi connectivity index (χ2n) is 11.8. The lowest BCUT2D eigenvalue weighted by Crippen LogP contribution is -2.61. The molecule has 208 valence electrons. The van der Waals surface area contributed by atoms with E-state index < -0.39 is 0 Å².